The second kappa shape index (κ2) is 4.43. The first-order valence-electron chi connectivity index (χ1n) is 5.15. The fourth-order valence-corrected chi connectivity index (χ4v) is 2.10. The Morgan fingerprint density at radius 3 is 3.00 bits per heavy atom. The number of hydrogen-bond acceptors (Lipinski definition) is 4. The van der Waals surface area contributed by atoms with E-state index in [1.165, 1.54) is 6.07 Å². The molecule has 0 saturated heterocycles. The average molecular weight is 257 g/mol. The summed E-state index contributed by atoms with van der Waals surface area (Å²) in [6.07, 6.45) is -1.38. The van der Waals surface area contributed by atoms with E-state index >= 15 is 0 Å². The highest BCUT2D eigenvalue weighted by Gasteiger charge is 2.26. The molecule has 2 rings (SSSR count). The summed E-state index contributed by atoms with van der Waals surface area (Å²) in [6, 6.07) is 3.19. The summed E-state index contributed by atoms with van der Waals surface area (Å²) in [4.78, 5) is 13.0. The van der Waals surface area contributed by atoms with Crippen LogP contribution in [0.15, 0.2) is 12.1 Å². The highest BCUT2D eigenvalue weighted by atomic mass is 35.5. The van der Waals surface area contributed by atoms with Gasteiger partial charge in [0.25, 0.3) is 5.91 Å². The lowest BCUT2D eigenvalue weighted by Gasteiger charge is -2.30. The van der Waals surface area contributed by atoms with Crippen molar-refractivity contribution < 1.29 is 14.6 Å². The summed E-state index contributed by atoms with van der Waals surface area (Å²) in [5, 5.41) is 10.2. The van der Waals surface area contributed by atoms with Gasteiger partial charge in [-0.1, -0.05) is 11.6 Å². The van der Waals surface area contributed by atoms with Gasteiger partial charge < -0.3 is 20.5 Å². The highest BCUT2D eigenvalue weighted by Crippen LogP contribution is 2.39. The van der Waals surface area contributed by atoms with E-state index in [-0.39, 0.29) is 0 Å². The second-order valence-electron chi connectivity index (χ2n) is 3.92. The summed E-state index contributed by atoms with van der Waals surface area (Å²) in [7, 11) is 1.85. The Bertz CT molecular complexity index is 464. The van der Waals surface area contributed by atoms with E-state index in [1.807, 2.05) is 11.9 Å². The van der Waals surface area contributed by atoms with Gasteiger partial charge in [0.1, 0.15) is 12.4 Å². The van der Waals surface area contributed by atoms with Gasteiger partial charge >= 0.3 is 0 Å². The van der Waals surface area contributed by atoms with Crippen molar-refractivity contribution in [3.05, 3.63) is 22.7 Å². The van der Waals surface area contributed by atoms with Gasteiger partial charge in [0, 0.05) is 23.7 Å². The number of aliphatic hydroxyl groups is 1. The number of nitrogens with two attached hydrogens (primary N) is 1. The van der Waals surface area contributed by atoms with Crippen LogP contribution in [0.3, 0.4) is 0 Å². The van der Waals surface area contributed by atoms with E-state index < -0.39 is 12.0 Å². The molecule has 1 heterocycles. The Morgan fingerprint density at radius 1 is 1.65 bits per heavy atom. The number of halogens is 1. The number of amides is 1. The van der Waals surface area contributed by atoms with Crippen LogP contribution >= 0.6 is 11.6 Å². The summed E-state index contributed by atoms with van der Waals surface area (Å²) < 4.78 is 5.46. The minimum atomic E-state index is -1.38. The first-order chi connectivity index (χ1) is 8.00. The van der Waals surface area contributed by atoms with Gasteiger partial charge in [-0.15, -0.1) is 0 Å². The van der Waals surface area contributed by atoms with Crippen molar-refractivity contribution in [3.63, 3.8) is 0 Å². The fraction of sp³-hybridized carbons (Fsp3) is 0.364. The zero-order valence-corrected chi connectivity index (χ0v) is 10.1. The lowest BCUT2D eigenvalue weighted by atomic mass is 10.0. The molecular weight excluding hydrogens is 244 g/mol. The minimum absolute atomic E-state index is 0.377. The van der Waals surface area contributed by atoms with Crippen molar-refractivity contribution in [2.24, 2.45) is 5.73 Å². The molecule has 1 amide bonds. The van der Waals surface area contributed by atoms with Gasteiger partial charge in [0.15, 0.2) is 6.10 Å². The van der Waals surface area contributed by atoms with Gasteiger partial charge in [0.05, 0.1) is 12.2 Å². The van der Waals surface area contributed by atoms with Crippen molar-refractivity contribution in [3.8, 4) is 5.75 Å². The molecule has 5 nitrogen and oxygen atoms in total. The lowest BCUT2D eigenvalue weighted by Crippen LogP contribution is -2.31. The van der Waals surface area contributed by atoms with Gasteiger partial charge in [0.2, 0.25) is 0 Å². The summed E-state index contributed by atoms with van der Waals surface area (Å²) in [6.45, 7) is 1.21. The minimum Gasteiger partial charge on any atom is -0.490 e. The smallest absolute Gasteiger partial charge is 0.250 e. The molecule has 17 heavy (non-hydrogen) atoms. The lowest BCUT2D eigenvalue weighted by molar-refractivity contribution is -0.126. The molecule has 1 unspecified atom stereocenters. The quantitative estimate of drug-likeness (QED) is 0.816. The van der Waals surface area contributed by atoms with Crippen LogP contribution in [0.2, 0.25) is 5.02 Å². The number of aliphatic hydroxyl groups excluding tert-OH is 1. The van der Waals surface area contributed by atoms with E-state index in [4.69, 9.17) is 22.1 Å². The zero-order valence-electron chi connectivity index (χ0n) is 9.31. The zero-order chi connectivity index (χ0) is 12.6. The summed E-state index contributed by atoms with van der Waals surface area (Å²) >= 11 is 5.92. The van der Waals surface area contributed by atoms with Crippen LogP contribution in [-0.2, 0) is 4.79 Å². The maximum absolute atomic E-state index is 11.1. The van der Waals surface area contributed by atoms with Crippen molar-refractivity contribution >= 4 is 23.2 Å². The number of carbonyl (C=O) groups excluding carboxylic acids is 1. The molecule has 0 spiro atoms. The molecule has 0 saturated carbocycles. The Balaban J connectivity index is 2.57. The second-order valence-corrected chi connectivity index (χ2v) is 4.35. The SMILES string of the molecule is CN1CCOc2cc(Cl)cc(C(O)C(N)=O)c21. The normalized spacial score (nSPS) is 16.1. The molecule has 0 aromatic heterocycles. The Labute approximate surface area is 104 Å². The molecule has 92 valence electrons. The summed E-state index contributed by atoms with van der Waals surface area (Å²) in [5.74, 6) is -0.255. The number of rotatable bonds is 2. The number of hydrogen-bond donors (Lipinski definition) is 2. The predicted molar refractivity (Wildman–Crippen MR) is 64.4 cm³/mol. The third-order valence-electron chi connectivity index (χ3n) is 2.70. The van der Waals surface area contributed by atoms with Crippen molar-refractivity contribution in [2.45, 2.75) is 6.10 Å². The Kier molecular flexibility index (Phi) is 3.13. The predicted octanol–water partition coefficient (Wildman–Crippen LogP) is 0.687. The average Bonchev–Trinajstić information content (AvgIpc) is 2.26. The van der Waals surface area contributed by atoms with Crippen LogP contribution in [0.1, 0.15) is 11.7 Å². The topological polar surface area (TPSA) is 75.8 Å². The van der Waals surface area contributed by atoms with Crippen LogP contribution in [0, 0.1) is 0 Å². The maximum Gasteiger partial charge on any atom is 0.250 e. The van der Waals surface area contributed by atoms with E-state index in [0.717, 1.165) is 0 Å². The van der Waals surface area contributed by atoms with E-state index in [2.05, 4.69) is 0 Å². The van der Waals surface area contributed by atoms with Crippen LogP contribution in [0.5, 0.6) is 5.75 Å². The van der Waals surface area contributed by atoms with Gasteiger partial charge in [-0.05, 0) is 6.07 Å². The van der Waals surface area contributed by atoms with Gasteiger partial charge in [-0.3, -0.25) is 4.79 Å². The molecule has 0 aliphatic carbocycles. The van der Waals surface area contributed by atoms with Crippen LogP contribution in [0.4, 0.5) is 5.69 Å². The molecule has 0 fully saturated rings. The molecule has 3 N–H and O–H groups in total. The number of fused-ring (bicyclic) bond motifs is 1. The van der Waals surface area contributed by atoms with Crippen LogP contribution < -0.4 is 15.4 Å². The first-order valence-corrected chi connectivity index (χ1v) is 5.53. The van der Waals surface area contributed by atoms with Crippen LogP contribution in [-0.4, -0.2) is 31.2 Å². The van der Waals surface area contributed by atoms with E-state index in [0.29, 0.717) is 35.2 Å². The van der Waals surface area contributed by atoms with Crippen molar-refractivity contribution in [1.29, 1.82) is 0 Å². The third-order valence-corrected chi connectivity index (χ3v) is 2.92. The third kappa shape index (κ3) is 2.16. The number of likely N-dealkylation sites (N-methyl/N-ethyl adjacent to an activating group) is 1. The molecule has 1 aliphatic heterocycles. The number of anilines is 1. The van der Waals surface area contributed by atoms with E-state index in [1.54, 1.807) is 6.07 Å². The van der Waals surface area contributed by atoms with Crippen molar-refractivity contribution in [2.75, 3.05) is 25.1 Å². The molecule has 1 aromatic rings. The number of primary amides is 1. The number of ether oxygens (including phenoxy) is 1. The van der Waals surface area contributed by atoms with Crippen molar-refractivity contribution in [1.82, 2.24) is 0 Å². The standard InChI is InChI=1S/C11H13ClN2O3/c1-14-2-3-17-8-5-6(12)4-7(9(8)14)10(15)11(13)16/h4-5,10,15H,2-3H2,1H3,(H2,13,16). The molecule has 0 radical (unpaired) electrons. The molecule has 1 aromatic carbocycles. The largest absolute Gasteiger partial charge is 0.490 e. The Morgan fingerprint density at radius 2 is 2.35 bits per heavy atom. The molecule has 6 heteroatoms. The number of nitrogens with zero attached hydrogens (tertiary/aromatic N) is 1. The maximum atomic E-state index is 11.1. The van der Waals surface area contributed by atoms with Crippen LogP contribution in [0.25, 0.3) is 0 Å². The molecule has 0 bridgehead atoms. The van der Waals surface area contributed by atoms with Gasteiger partial charge in [-0.25, -0.2) is 0 Å². The van der Waals surface area contributed by atoms with Gasteiger partial charge in [-0.2, -0.15) is 0 Å². The highest BCUT2D eigenvalue weighted by molar-refractivity contribution is 6.31. The fourth-order valence-electron chi connectivity index (χ4n) is 1.88. The number of benzene rings is 1. The molecule has 1 atom stereocenters. The molecular formula is C11H13ClN2O3. The summed E-state index contributed by atoms with van der Waals surface area (Å²) in [5.41, 5.74) is 6.14. The van der Waals surface area contributed by atoms with E-state index in [9.17, 15) is 9.90 Å². The number of carbonyl (C=O) groups is 1. The molecule has 1 aliphatic rings. The monoisotopic (exact) mass is 256 g/mol. The first kappa shape index (κ1) is 12.0. The Hall–Kier alpha value is -1.46.